The number of aromatic nitrogens is 3. The Kier molecular flexibility index (Phi) is 5.99. The Labute approximate surface area is 130 Å². The van der Waals surface area contributed by atoms with E-state index in [1.165, 1.54) is 19.3 Å². The molecule has 1 aliphatic carbocycles. The summed E-state index contributed by atoms with van der Waals surface area (Å²) < 4.78 is 5.52. The summed E-state index contributed by atoms with van der Waals surface area (Å²) in [6.45, 7) is 4.36. The van der Waals surface area contributed by atoms with Gasteiger partial charge in [0.15, 0.2) is 0 Å². The predicted octanol–water partition coefficient (Wildman–Crippen LogP) is 2.44. The van der Waals surface area contributed by atoms with Crippen LogP contribution in [-0.2, 0) is 0 Å². The molecule has 1 saturated carbocycles. The van der Waals surface area contributed by atoms with Crippen LogP contribution in [0.4, 0.5) is 5.95 Å². The molecule has 0 aromatic carbocycles. The Bertz CT molecular complexity index is 453. The van der Waals surface area contributed by atoms with Gasteiger partial charge in [-0.05, 0) is 38.3 Å². The topological polar surface area (TPSA) is 71.4 Å². The van der Waals surface area contributed by atoms with Crippen LogP contribution in [0.15, 0.2) is 0 Å². The first-order valence-electron chi connectivity index (χ1n) is 7.56. The van der Waals surface area contributed by atoms with Crippen molar-refractivity contribution in [3.63, 3.8) is 0 Å². The second-order valence-electron chi connectivity index (χ2n) is 5.56. The van der Waals surface area contributed by atoms with Crippen molar-refractivity contribution in [2.75, 3.05) is 18.1 Å². The van der Waals surface area contributed by atoms with Crippen molar-refractivity contribution in [1.29, 1.82) is 0 Å². The number of nitrogens with zero attached hydrogens (tertiary/aromatic N) is 4. The van der Waals surface area contributed by atoms with E-state index < -0.39 is 0 Å². The molecule has 0 radical (unpaired) electrons. The lowest BCUT2D eigenvalue weighted by molar-refractivity contribution is 0.221. The number of halogens is 1. The summed E-state index contributed by atoms with van der Waals surface area (Å²) in [5.74, 6) is 0.492. The average molecular weight is 315 g/mol. The van der Waals surface area contributed by atoms with Crippen molar-refractivity contribution < 1.29 is 9.84 Å². The molecular weight excluding hydrogens is 292 g/mol. The quantitative estimate of drug-likeness (QED) is 0.869. The summed E-state index contributed by atoms with van der Waals surface area (Å²) in [5, 5.41) is 9.46. The Balaban J connectivity index is 2.23. The second-order valence-corrected chi connectivity index (χ2v) is 5.90. The van der Waals surface area contributed by atoms with Gasteiger partial charge in [-0.3, -0.25) is 0 Å². The molecule has 1 heterocycles. The van der Waals surface area contributed by atoms with Crippen LogP contribution in [0.5, 0.6) is 6.01 Å². The maximum atomic E-state index is 9.34. The summed E-state index contributed by atoms with van der Waals surface area (Å²) in [7, 11) is 0. The maximum absolute atomic E-state index is 9.34. The largest absolute Gasteiger partial charge is 0.461 e. The van der Waals surface area contributed by atoms with Gasteiger partial charge in [-0.2, -0.15) is 15.0 Å². The Morgan fingerprint density at radius 1 is 1.24 bits per heavy atom. The molecule has 118 valence electrons. The van der Waals surface area contributed by atoms with Gasteiger partial charge in [0.05, 0.1) is 12.7 Å². The van der Waals surface area contributed by atoms with E-state index in [9.17, 15) is 5.11 Å². The van der Waals surface area contributed by atoms with Crippen molar-refractivity contribution in [3.05, 3.63) is 5.28 Å². The summed E-state index contributed by atoms with van der Waals surface area (Å²) in [5.41, 5.74) is 0. The third kappa shape index (κ3) is 4.68. The Morgan fingerprint density at radius 2 is 1.95 bits per heavy atom. The standard InChI is InChI=1S/C14H23ClN4O2/c1-10(2)21-14-17-12(15)16-13(18-14)19(8-9-20)11-6-4-3-5-7-11/h10-11,20H,3-9H2,1-2H3. The minimum absolute atomic E-state index is 0.0303. The first-order valence-corrected chi connectivity index (χ1v) is 7.93. The van der Waals surface area contributed by atoms with E-state index in [-0.39, 0.29) is 24.0 Å². The van der Waals surface area contributed by atoms with E-state index in [1.807, 2.05) is 18.7 Å². The smallest absolute Gasteiger partial charge is 0.322 e. The highest BCUT2D eigenvalue weighted by Crippen LogP contribution is 2.26. The number of rotatable bonds is 6. The molecule has 0 unspecified atom stereocenters. The molecule has 0 aliphatic heterocycles. The molecule has 1 fully saturated rings. The van der Waals surface area contributed by atoms with Crippen molar-refractivity contribution in [3.8, 4) is 6.01 Å². The SMILES string of the molecule is CC(C)Oc1nc(Cl)nc(N(CCO)C2CCCCC2)n1. The lowest BCUT2D eigenvalue weighted by atomic mass is 9.94. The van der Waals surface area contributed by atoms with Crippen LogP contribution in [0.3, 0.4) is 0 Å². The third-order valence-electron chi connectivity index (χ3n) is 3.53. The van der Waals surface area contributed by atoms with Gasteiger partial charge in [0.2, 0.25) is 11.2 Å². The van der Waals surface area contributed by atoms with Gasteiger partial charge in [0, 0.05) is 12.6 Å². The third-order valence-corrected chi connectivity index (χ3v) is 3.70. The fourth-order valence-electron chi connectivity index (χ4n) is 2.66. The van der Waals surface area contributed by atoms with E-state index >= 15 is 0 Å². The summed E-state index contributed by atoms with van der Waals surface area (Å²) in [4.78, 5) is 14.6. The molecule has 1 aliphatic rings. The number of hydrogen-bond acceptors (Lipinski definition) is 6. The van der Waals surface area contributed by atoms with Crippen LogP contribution in [0, 0.1) is 0 Å². The van der Waals surface area contributed by atoms with E-state index in [0.29, 0.717) is 18.5 Å². The van der Waals surface area contributed by atoms with E-state index in [4.69, 9.17) is 16.3 Å². The first kappa shape index (κ1) is 16.2. The average Bonchev–Trinajstić information content (AvgIpc) is 2.44. The van der Waals surface area contributed by atoms with Crippen molar-refractivity contribution in [2.24, 2.45) is 0 Å². The van der Waals surface area contributed by atoms with E-state index in [0.717, 1.165) is 12.8 Å². The van der Waals surface area contributed by atoms with Gasteiger partial charge < -0.3 is 14.7 Å². The zero-order valence-corrected chi connectivity index (χ0v) is 13.4. The minimum atomic E-state index is -0.0303. The molecule has 1 aromatic rings. The highest BCUT2D eigenvalue weighted by molar-refractivity contribution is 6.28. The van der Waals surface area contributed by atoms with Crippen LogP contribution in [0.2, 0.25) is 5.28 Å². The summed E-state index contributed by atoms with van der Waals surface area (Å²) in [6.07, 6.45) is 5.80. The predicted molar refractivity (Wildman–Crippen MR) is 81.9 cm³/mol. The number of hydrogen-bond donors (Lipinski definition) is 1. The van der Waals surface area contributed by atoms with E-state index in [2.05, 4.69) is 15.0 Å². The molecule has 1 N–H and O–H groups in total. The lowest BCUT2D eigenvalue weighted by Crippen LogP contribution is -2.40. The van der Waals surface area contributed by atoms with Crippen LogP contribution in [0.1, 0.15) is 46.0 Å². The molecule has 2 rings (SSSR count). The van der Waals surface area contributed by atoms with Crippen LogP contribution >= 0.6 is 11.6 Å². The molecule has 0 atom stereocenters. The molecular formula is C14H23ClN4O2. The number of anilines is 1. The fourth-order valence-corrected chi connectivity index (χ4v) is 2.81. The normalized spacial score (nSPS) is 16.2. The Hall–Kier alpha value is -1.14. The van der Waals surface area contributed by atoms with Gasteiger partial charge in [0.1, 0.15) is 0 Å². The maximum Gasteiger partial charge on any atom is 0.322 e. The summed E-state index contributed by atoms with van der Waals surface area (Å²) in [6, 6.07) is 0.579. The van der Waals surface area contributed by atoms with Crippen molar-refractivity contribution in [1.82, 2.24) is 15.0 Å². The first-order chi connectivity index (χ1) is 10.1. The molecule has 21 heavy (non-hydrogen) atoms. The number of aliphatic hydroxyl groups excluding tert-OH is 1. The van der Waals surface area contributed by atoms with Crippen LogP contribution < -0.4 is 9.64 Å². The molecule has 6 nitrogen and oxygen atoms in total. The van der Waals surface area contributed by atoms with Gasteiger partial charge in [0.25, 0.3) is 0 Å². The monoisotopic (exact) mass is 314 g/mol. The lowest BCUT2D eigenvalue weighted by Gasteiger charge is -2.34. The van der Waals surface area contributed by atoms with Gasteiger partial charge in [-0.1, -0.05) is 19.3 Å². The van der Waals surface area contributed by atoms with E-state index in [1.54, 1.807) is 0 Å². The minimum Gasteiger partial charge on any atom is -0.461 e. The van der Waals surface area contributed by atoms with Crippen molar-refractivity contribution >= 4 is 17.5 Å². The summed E-state index contributed by atoms with van der Waals surface area (Å²) >= 11 is 5.99. The number of aliphatic hydroxyl groups is 1. The Morgan fingerprint density at radius 3 is 2.57 bits per heavy atom. The molecule has 0 saturated heterocycles. The van der Waals surface area contributed by atoms with Gasteiger partial charge in [-0.15, -0.1) is 0 Å². The highest BCUT2D eigenvalue weighted by atomic mass is 35.5. The zero-order valence-electron chi connectivity index (χ0n) is 12.6. The highest BCUT2D eigenvalue weighted by Gasteiger charge is 2.24. The molecule has 1 aromatic heterocycles. The zero-order chi connectivity index (χ0) is 15.2. The molecule has 0 amide bonds. The molecule has 7 heteroatoms. The van der Waals surface area contributed by atoms with Crippen LogP contribution in [0.25, 0.3) is 0 Å². The van der Waals surface area contributed by atoms with Crippen LogP contribution in [-0.4, -0.2) is 45.4 Å². The fraction of sp³-hybridized carbons (Fsp3) is 0.786. The second kappa shape index (κ2) is 7.75. The van der Waals surface area contributed by atoms with Crippen molar-refractivity contribution in [2.45, 2.75) is 58.1 Å². The molecule has 0 bridgehead atoms. The number of ether oxygens (including phenoxy) is 1. The van der Waals surface area contributed by atoms with Gasteiger partial charge >= 0.3 is 6.01 Å². The van der Waals surface area contributed by atoms with Gasteiger partial charge in [-0.25, -0.2) is 0 Å². The molecule has 0 spiro atoms.